The molecule has 1 aromatic carbocycles. The maximum absolute atomic E-state index is 13.6. The van der Waals surface area contributed by atoms with Gasteiger partial charge in [0.25, 0.3) is 0 Å². The van der Waals surface area contributed by atoms with E-state index >= 15 is 0 Å². The minimum Gasteiger partial charge on any atom is -0.392 e. The molecule has 15 heavy (non-hydrogen) atoms. The van der Waals surface area contributed by atoms with Crippen LogP contribution in [0.5, 0.6) is 0 Å². The molecule has 0 amide bonds. The molecular weight excluding hydrogens is 193 g/mol. The zero-order valence-electron chi connectivity index (χ0n) is 8.49. The van der Waals surface area contributed by atoms with Gasteiger partial charge < -0.3 is 10.0 Å². The van der Waals surface area contributed by atoms with Crippen molar-refractivity contribution in [1.29, 1.82) is 0 Å². The van der Waals surface area contributed by atoms with Gasteiger partial charge in [-0.1, -0.05) is 24.3 Å². The molecule has 0 saturated heterocycles. The lowest BCUT2D eigenvalue weighted by Crippen LogP contribution is -2.28. The van der Waals surface area contributed by atoms with E-state index in [-0.39, 0.29) is 12.4 Å². The Morgan fingerprint density at radius 1 is 1.33 bits per heavy atom. The second-order valence-electron chi connectivity index (χ2n) is 3.61. The molecule has 2 nitrogen and oxygen atoms in total. The third-order valence-corrected chi connectivity index (χ3v) is 2.62. The van der Waals surface area contributed by atoms with Crippen molar-refractivity contribution in [2.45, 2.75) is 13.0 Å². The van der Waals surface area contributed by atoms with Crippen LogP contribution in [0, 0.1) is 5.82 Å². The molecule has 0 aliphatic carbocycles. The van der Waals surface area contributed by atoms with E-state index in [2.05, 4.69) is 6.08 Å². The summed E-state index contributed by atoms with van der Waals surface area (Å²) in [5.41, 5.74) is 1.20. The Morgan fingerprint density at radius 3 is 2.87 bits per heavy atom. The summed E-state index contributed by atoms with van der Waals surface area (Å²) in [5, 5.41) is 9.16. The maximum Gasteiger partial charge on any atom is 0.146 e. The fourth-order valence-electron chi connectivity index (χ4n) is 1.89. The fourth-order valence-corrected chi connectivity index (χ4v) is 1.89. The second kappa shape index (κ2) is 4.45. The van der Waals surface area contributed by atoms with Gasteiger partial charge in [0, 0.05) is 18.7 Å². The Morgan fingerprint density at radius 2 is 2.20 bits per heavy atom. The fraction of sp³-hybridized carbons (Fsp3) is 0.333. The van der Waals surface area contributed by atoms with Gasteiger partial charge in [-0.25, -0.2) is 4.39 Å². The van der Waals surface area contributed by atoms with Crippen LogP contribution in [0.2, 0.25) is 0 Å². The van der Waals surface area contributed by atoms with Crippen LogP contribution in [0.1, 0.15) is 12.0 Å². The van der Waals surface area contributed by atoms with E-state index < -0.39 is 0 Å². The third kappa shape index (κ3) is 2.02. The molecule has 1 aliphatic heterocycles. The molecule has 0 spiro atoms. The third-order valence-electron chi connectivity index (χ3n) is 2.62. The first-order chi connectivity index (χ1) is 7.33. The molecule has 2 rings (SSSR count). The minimum atomic E-state index is -0.253. The number of halogens is 1. The molecule has 0 atom stereocenters. The highest BCUT2D eigenvalue weighted by Crippen LogP contribution is 2.25. The van der Waals surface area contributed by atoms with E-state index in [1.54, 1.807) is 12.1 Å². The molecular formula is C12H14FNO. The quantitative estimate of drug-likeness (QED) is 0.750. The summed E-state index contributed by atoms with van der Waals surface area (Å²) in [6, 6.07) is 4.83. The predicted molar refractivity (Wildman–Crippen MR) is 58.3 cm³/mol. The van der Waals surface area contributed by atoms with Gasteiger partial charge in [-0.15, -0.1) is 0 Å². The number of para-hydroxylation sites is 1. The topological polar surface area (TPSA) is 23.5 Å². The van der Waals surface area contributed by atoms with Crippen LogP contribution in [-0.4, -0.2) is 18.2 Å². The first kappa shape index (κ1) is 10.2. The van der Waals surface area contributed by atoms with Crippen molar-refractivity contribution in [1.82, 2.24) is 0 Å². The lowest BCUT2D eigenvalue weighted by atomic mass is 10.1. The van der Waals surface area contributed by atoms with Gasteiger partial charge in [0.1, 0.15) is 5.82 Å². The molecule has 0 unspecified atom stereocenters. The molecule has 0 bridgehead atoms. The van der Waals surface area contributed by atoms with Gasteiger partial charge in [-0.3, -0.25) is 0 Å². The molecule has 0 radical (unpaired) electrons. The maximum atomic E-state index is 13.6. The minimum absolute atomic E-state index is 0.118. The Balaban J connectivity index is 2.36. The Bertz CT molecular complexity index is 376. The molecule has 0 fully saturated rings. The molecule has 0 saturated carbocycles. The molecule has 0 aromatic heterocycles. The van der Waals surface area contributed by atoms with Gasteiger partial charge in [0.15, 0.2) is 0 Å². The number of aliphatic hydroxyl groups is 1. The van der Waals surface area contributed by atoms with Crippen molar-refractivity contribution in [2.75, 3.05) is 18.0 Å². The Kier molecular flexibility index (Phi) is 3.02. The van der Waals surface area contributed by atoms with Crippen molar-refractivity contribution in [2.24, 2.45) is 0 Å². The summed E-state index contributed by atoms with van der Waals surface area (Å²) in [6.07, 6.45) is 5.05. The zero-order chi connectivity index (χ0) is 10.7. The van der Waals surface area contributed by atoms with Crippen LogP contribution in [0.3, 0.4) is 0 Å². The molecule has 1 N–H and O–H groups in total. The summed E-state index contributed by atoms with van der Waals surface area (Å²) in [4.78, 5) is 1.96. The van der Waals surface area contributed by atoms with Gasteiger partial charge in [0.05, 0.1) is 12.3 Å². The van der Waals surface area contributed by atoms with Crippen LogP contribution in [0.4, 0.5) is 10.1 Å². The monoisotopic (exact) mass is 207 g/mol. The number of hydrogen-bond acceptors (Lipinski definition) is 2. The van der Waals surface area contributed by atoms with E-state index in [0.29, 0.717) is 17.8 Å². The van der Waals surface area contributed by atoms with Crippen molar-refractivity contribution in [3.63, 3.8) is 0 Å². The van der Waals surface area contributed by atoms with Crippen LogP contribution in [0.15, 0.2) is 30.4 Å². The second-order valence-corrected chi connectivity index (χ2v) is 3.61. The normalized spacial score (nSPS) is 15.7. The Hall–Kier alpha value is -1.35. The highest BCUT2D eigenvalue weighted by atomic mass is 19.1. The molecule has 1 aliphatic rings. The number of nitrogens with zero attached hydrogens (tertiary/aromatic N) is 1. The lowest BCUT2D eigenvalue weighted by molar-refractivity contribution is 0.281. The zero-order valence-corrected chi connectivity index (χ0v) is 8.49. The molecule has 1 heterocycles. The van der Waals surface area contributed by atoms with Gasteiger partial charge in [-0.2, -0.15) is 0 Å². The first-order valence-electron chi connectivity index (χ1n) is 5.11. The van der Waals surface area contributed by atoms with E-state index in [1.807, 2.05) is 11.0 Å². The standard InChI is InChI=1S/C12H14FNO/c13-11-6-4-5-10(9-15)12(11)14-7-2-1-3-8-14/h1-2,4-6,15H,3,7-9H2. The van der Waals surface area contributed by atoms with Gasteiger partial charge >= 0.3 is 0 Å². The first-order valence-corrected chi connectivity index (χ1v) is 5.11. The largest absolute Gasteiger partial charge is 0.392 e. The number of benzene rings is 1. The highest BCUT2D eigenvalue weighted by molar-refractivity contribution is 5.55. The van der Waals surface area contributed by atoms with Crippen LogP contribution in [0.25, 0.3) is 0 Å². The molecule has 80 valence electrons. The van der Waals surface area contributed by atoms with Gasteiger partial charge in [-0.05, 0) is 12.5 Å². The van der Waals surface area contributed by atoms with E-state index in [9.17, 15) is 4.39 Å². The van der Waals surface area contributed by atoms with Crippen LogP contribution >= 0.6 is 0 Å². The van der Waals surface area contributed by atoms with Crippen LogP contribution < -0.4 is 4.90 Å². The smallest absolute Gasteiger partial charge is 0.146 e. The van der Waals surface area contributed by atoms with Crippen molar-refractivity contribution >= 4 is 5.69 Å². The number of rotatable bonds is 2. The molecule has 1 aromatic rings. The molecule has 3 heteroatoms. The van der Waals surface area contributed by atoms with Crippen LogP contribution in [-0.2, 0) is 6.61 Å². The summed E-state index contributed by atoms with van der Waals surface area (Å²) >= 11 is 0. The van der Waals surface area contributed by atoms with Crippen molar-refractivity contribution in [3.05, 3.63) is 41.7 Å². The number of anilines is 1. The Labute approximate surface area is 88.6 Å². The number of hydrogen-bond donors (Lipinski definition) is 1. The average Bonchev–Trinajstić information content (AvgIpc) is 2.29. The average molecular weight is 207 g/mol. The predicted octanol–water partition coefficient (Wildman–Crippen LogP) is 2.08. The van der Waals surface area contributed by atoms with E-state index in [1.165, 1.54) is 6.07 Å². The SMILES string of the molecule is OCc1cccc(F)c1N1CC=CCC1. The lowest BCUT2D eigenvalue weighted by Gasteiger charge is -2.27. The summed E-state index contributed by atoms with van der Waals surface area (Å²) in [7, 11) is 0. The van der Waals surface area contributed by atoms with Gasteiger partial charge in [0.2, 0.25) is 0 Å². The van der Waals surface area contributed by atoms with E-state index in [0.717, 1.165) is 13.0 Å². The summed E-state index contributed by atoms with van der Waals surface area (Å²) in [5.74, 6) is -0.253. The van der Waals surface area contributed by atoms with Crippen molar-refractivity contribution in [3.8, 4) is 0 Å². The summed E-state index contributed by atoms with van der Waals surface area (Å²) < 4.78 is 13.6. The summed E-state index contributed by atoms with van der Waals surface area (Å²) in [6.45, 7) is 1.41. The highest BCUT2D eigenvalue weighted by Gasteiger charge is 2.15. The van der Waals surface area contributed by atoms with E-state index in [4.69, 9.17) is 5.11 Å². The van der Waals surface area contributed by atoms with Crippen molar-refractivity contribution < 1.29 is 9.50 Å². The number of aliphatic hydroxyl groups excluding tert-OH is 1.